The third-order valence-electron chi connectivity index (χ3n) is 3.57. The largest absolute Gasteiger partial charge is 0.469 e. The zero-order chi connectivity index (χ0) is 15.2. The van der Waals surface area contributed by atoms with Gasteiger partial charge in [0.25, 0.3) is 10.2 Å². The molecule has 20 heavy (non-hydrogen) atoms. The standard InChI is InChI=1S/C12H24N2O5S/c1-13(9-7-12(16)19-2)20(17,18)14(8-4-10-15)11-5-3-6-11/h11,15H,3-10H2,1-2H3. The Kier molecular flexibility index (Phi) is 6.87. The minimum Gasteiger partial charge on any atom is -0.469 e. The molecule has 1 saturated carbocycles. The fourth-order valence-corrected chi connectivity index (χ4v) is 3.66. The number of rotatable bonds is 9. The van der Waals surface area contributed by atoms with Gasteiger partial charge in [-0.1, -0.05) is 6.42 Å². The van der Waals surface area contributed by atoms with Crippen LogP contribution in [0.5, 0.6) is 0 Å². The molecule has 0 aromatic carbocycles. The maximum absolute atomic E-state index is 12.5. The van der Waals surface area contributed by atoms with Crippen molar-refractivity contribution in [3.8, 4) is 0 Å². The van der Waals surface area contributed by atoms with Crippen LogP contribution >= 0.6 is 0 Å². The maximum atomic E-state index is 12.5. The van der Waals surface area contributed by atoms with E-state index in [9.17, 15) is 13.2 Å². The molecule has 1 aliphatic carbocycles. The van der Waals surface area contributed by atoms with Crippen LogP contribution in [0.2, 0.25) is 0 Å². The van der Waals surface area contributed by atoms with E-state index in [0.717, 1.165) is 19.3 Å². The zero-order valence-electron chi connectivity index (χ0n) is 12.1. The number of hydrogen-bond acceptors (Lipinski definition) is 5. The topological polar surface area (TPSA) is 87.2 Å². The van der Waals surface area contributed by atoms with Crippen LogP contribution in [-0.4, -0.2) is 68.0 Å². The fraction of sp³-hybridized carbons (Fsp3) is 0.917. The molecule has 1 aliphatic rings. The SMILES string of the molecule is COC(=O)CCN(C)S(=O)(=O)N(CCCO)C1CCC1. The summed E-state index contributed by atoms with van der Waals surface area (Å²) >= 11 is 0. The lowest BCUT2D eigenvalue weighted by Crippen LogP contribution is -2.50. The van der Waals surface area contributed by atoms with Gasteiger partial charge in [-0.25, -0.2) is 0 Å². The number of methoxy groups -OCH3 is 1. The Morgan fingerprint density at radius 3 is 2.45 bits per heavy atom. The highest BCUT2D eigenvalue weighted by Crippen LogP contribution is 2.28. The van der Waals surface area contributed by atoms with Gasteiger partial charge in [0.05, 0.1) is 13.5 Å². The molecule has 0 radical (unpaired) electrons. The van der Waals surface area contributed by atoms with Gasteiger partial charge < -0.3 is 9.84 Å². The Morgan fingerprint density at radius 1 is 1.35 bits per heavy atom. The van der Waals surface area contributed by atoms with Gasteiger partial charge in [-0.05, 0) is 19.3 Å². The zero-order valence-corrected chi connectivity index (χ0v) is 12.9. The molecular weight excluding hydrogens is 284 g/mol. The van der Waals surface area contributed by atoms with E-state index in [1.807, 2.05) is 0 Å². The number of carbonyl (C=O) groups is 1. The summed E-state index contributed by atoms with van der Waals surface area (Å²) in [7, 11) is -0.852. The molecule has 1 rings (SSSR count). The molecule has 8 heteroatoms. The quantitative estimate of drug-likeness (QED) is 0.604. The van der Waals surface area contributed by atoms with Gasteiger partial charge in [0, 0.05) is 32.8 Å². The van der Waals surface area contributed by atoms with Crippen molar-refractivity contribution >= 4 is 16.2 Å². The van der Waals surface area contributed by atoms with Crippen molar-refractivity contribution in [3.63, 3.8) is 0 Å². The molecule has 1 N–H and O–H groups in total. The third-order valence-corrected chi connectivity index (χ3v) is 5.61. The number of aliphatic hydroxyl groups excluding tert-OH is 1. The van der Waals surface area contributed by atoms with Crippen molar-refractivity contribution in [2.75, 3.05) is 33.9 Å². The summed E-state index contributed by atoms with van der Waals surface area (Å²) < 4.78 is 32.1. The molecule has 1 fully saturated rings. The van der Waals surface area contributed by atoms with Crippen LogP contribution in [0, 0.1) is 0 Å². The molecule has 0 heterocycles. The highest BCUT2D eigenvalue weighted by molar-refractivity contribution is 7.86. The van der Waals surface area contributed by atoms with Crippen molar-refractivity contribution in [3.05, 3.63) is 0 Å². The van der Waals surface area contributed by atoms with Crippen LogP contribution in [0.15, 0.2) is 0 Å². The van der Waals surface area contributed by atoms with Crippen LogP contribution in [0.4, 0.5) is 0 Å². The van der Waals surface area contributed by atoms with Gasteiger partial charge in [0.2, 0.25) is 0 Å². The number of ether oxygens (including phenoxy) is 1. The molecule has 0 saturated heterocycles. The van der Waals surface area contributed by atoms with Crippen LogP contribution in [0.1, 0.15) is 32.1 Å². The lowest BCUT2D eigenvalue weighted by molar-refractivity contribution is -0.140. The van der Waals surface area contributed by atoms with Crippen molar-refractivity contribution in [2.24, 2.45) is 0 Å². The Morgan fingerprint density at radius 2 is 2.00 bits per heavy atom. The van der Waals surface area contributed by atoms with Crippen LogP contribution in [0.25, 0.3) is 0 Å². The van der Waals surface area contributed by atoms with Crippen LogP contribution in [0.3, 0.4) is 0 Å². The lowest BCUT2D eigenvalue weighted by Gasteiger charge is -2.38. The smallest absolute Gasteiger partial charge is 0.306 e. The lowest BCUT2D eigenvalue weighted by atomic mass is 9.93. The average molecular weight is 308 g/mol. The molecule has 7 nitrogen and oxygen atoms in total. The van der Waals surface area contributed by atoms with Crippen molar-refractivity contribution in [2.45, 2.75) is 38.1 Å². The highest BCUT2D eigenvalue weighted by Gasteiger charge is 2.35. The number of carbonyl (C=O) groups excluding carboxylic acids is 1. The van der Waals surface area contributed by atoms with Gasteiger partial charge in [-0.3, -0.25) is 4.79 Å². The maximum Gasteiger partial charge on any atom is 0.306 e. The Bertz CT molecular complexity index is 408. The molecule has 0 atom stereocenters. The van der Waals surface area contributed by atoms with Gasteiger partial charge in [0.15, 0.2) is 0 Å². The van der Waals surface area contributed by atoms with E-state index < -0.39 is 16.2 Å². The first-order valence-corrected chi connectivity index (χ1v) is 8.24. The van der Waals surface area contributed by atoms with E-state index in [-0.39, 0.29) is 25.6 Å². The Hall–Kier alpha value is -0.700. The molecule has 0 bridgehead atoms. The Labute approximate surface area is 120 Å². The van der Waals surface area contributed by atoms with E-state index in [0.29, 0.717) is 13.0 Å². The first-order chi connectivity index (χ1) is 9.43. The summed E-state index contributed by atoms with van der Waals surface area (Å²) in [6.45, 7) is 0.369. The predicted octanol–water partition coefficient (Wildman–Crippen LogP) is -0.0370. The fourth-order valence-electron chi connectivity index (χ4n) is 2.03. The van der Waals surface area contributed by atoms with Gasteiger partial charge in [0.1, 0.15) is 0 Å². The van der Waals surface area contributed by atoms with E-state index in [1.54, 1.807) is 0 Å². The second-order valence-electron chi connectivity index (χ2n) is 4.93. The average Bonchev–Trinajstić information content (AvgIpc) is 2.37. The molecule has 0 aliphatic heterocycles. The molecule has 0 aromatic rings. The summed E-state index contributed by atoms with van der Waals surface area (Å²) in [5.41, 5.74) is 0. The molecule has 0 spiro atoms. The summed E-state index contributed by atoms with van der Waals surface area (Å²) in [4.78, 5) is 11.1. The minimum atomic E-state index is -3.59. The normalized spacial score (nSPS) is 16.4. The van der Waals surface area contributed by atoms with Crippen LogP contribution < -0.4 is 0 Å². The van der Waals surface area contributed by atoms with Crippen LogP contribution in [-0.2, 0) is 19.7 Å². The molecule has 0 unspecified atom stereocenters. The summed E-state index contributed by atoms with van der Waals surface area (Å²) in [6, 6.07) is 0.0205. The van der Waals surface area contributed by atoms with E-state index >= 15 is 0 Å². The van der Waals surface area contributed by atoms with Gasteiger partial charge in [-0.2, -0.15) is 17.0 Å². The summed E-state index contributed by atoms with van der Waals surface area (Å²) in [6.07, 6.45) is 3.19. The monoisotopic (exact) mass is 308 g/mol. The van der Waals surface area contributed by atoms with E-state index in [1.165, 1.54) is 22.8 Å². The predicted molar refractivity (Wildman–Crippen MR) is 74.2 cm³/mol. The van der Waals surface area contributed by atoms with Gasteiger partial charge >= 0.3 is 5.97 Å². The summed E-state index contributed by atoms with van der Waals surface area (Å²) in [5, 5.41) is 8.90. The second kappa shape index (κ2) is 7.92. The number of nitrogens with zero attached hydrogens (tertiary/aromatic N) is 2. The van der Waals surface area contributed by atoms with Crippen molar-refractivity contribution < 1.29 is 23.1 Å². The van der Waals surface area contributed by atoms with Crippen molar-refractivity contribution in [1.29, 1.82) is 0 Å². The van der Waals surface area contributed by atoms with Crippen molar-refractivity contribution in [1.82, 2.24) is 8.61 Å². The second-order valence-corrected chi connectivity index (χ2v) is 6.92. The molecule has 0 aromatic heterocycles. The first kappa shape index (κ1) is 17.4. The molecular formula is C12H24N2O5S. The molecule has 0 amide bonds. The summed E-state index contributed by atoms with van der Waals surface area (Å²) in [5.74, 6) is -0.433. The van der Waals surface area contributed by atoms with Gasteiger partial charge in [-0.15, -0.1) is 0 Å². The third kappa shape index (κ3) is 4.41. The Balaban J connectivity index is 2.67. The number of aliphatic hydroxyl groups is 1. The first-order valence-electron chi connectivity index (χ1n) is 6.84. The number of hydrogen-bond donors (Lipinski definition) is 1. The van der Waals surface area contributed by atoms with E-state index in [4.69, 9.17) is 5.11 Å². The number of esters is 1. The minimum absolute atomic E-state index is 0.0205. The highest BCUT2D eigenvalue weighted by atomic mass is 32.2. The molecule has 118 valence electrons. The van der Waals surface area contributed by atoms with E-state index in [2.05, 4.69) is 4.74 Å².